The number of pyridine rings is 2. The minimum absolute atomic E-state index is 0.168. The number of alkyl halides is 3. The van der Waals surface area contributed by atoms with Gasteiger partial charge in [0.25, 0.3) is 6.47 Å². The van der Waals surface area contributed by atoms with Crippen molar-refractivity contribution in [2.45, 2.75) is 19.5 Å². The molecule has 0 atom stereocenters. The van der Waals surface area contributed by atoms with E-state index in [2.05, 4.69) is 25.5 Å². The zero-order valence-corrected chi connectivity index (χ0v) is 18.8. The fraction of sp³-hybridized carbons (Fsp3) is 0.364. The first kappa shape index (κ1) is 24.3. The number of imidazole rings is 1. The van der Waals surface area contributed by atoms with Gasteiger partial charge in [-0.05, 0) is 25.5 Å². The summed E-state index contributed by atoms with van der Waals surface area (Å²) < 4.78 is 42.5. The third-order valence-corrected chi connectivity index (χ3v) is 5.81. The van der Waals surface area contributed by atoms with Crippen molar-refractivity contribution in [2.24, 2.45) is 0 Å². The number of fused-ring (bicyclic) bond motifs is 2. The summed E-state index contributed by atoms with van der Waals surface area (Å²) in [6.45, 7) is 5.24. The normalized spacial score (nSPS) is 15.4. The minimum atomic E-state index is -4.64. The van der Waals surface area contributed by atoms with Gasteiger partial charge in [0.15, 0.2) is 0 Å². The molecular weight excluding hydrogens is 467 g/mol. The zero-order valence-electron chi connectivity index (χ0n) is 18.8. The van der Waals surface area contributed by atoms with E-state index < -0.39 is 17.8 Å². The van der Waals surface area contributed by atoms with Gasteiger partial charge in [0.1, 0.15) is 11.5 Å². The number of carboxylic acid groups (broad SMARTS) is 1. The number of anilines is 3. The van der Waals surface area contributed by atoms with Crippen molar-refractivity contribution in [3.63, 3.8) is 0 Å². The van der Waals surface area contributed by atoms with E-state index in [-0.39, 0.29) is 17.8 Å². The second-order valence-corrected chi connectivity index (χ2v) is 8.05. The molecule has 0 aliphatic carbocycles. The van der Waals surface area contributed by atoms with Crippen molar-refractivity contribution in [1.29, 1.82) is 0 Å². The minimum Gasteiger partial charge on any atom is -0.483 e. The lowest BCUT2D eigenvalue weighted by molar-refractivity contribution is -0.136. The molecule has 3 N–H and O–H groups in total. The highest BCUT2D eigenvalue weighted by atomic mass is 19.4. The van der Waals surface area contributed by atoms with Gasteiger partial charge in [-0.3, -0.25) is 9.69 Å². The Hall–Kier alpha value is -3.87. The average Bonchev–Trinajstić information content (AvgIpc) is 3.41. The number of amides is 2. The highest BCUT2D eigenvalue weighted by molar-refractivity contribution is 6.03. The molecule has 1 saturated heterocycles. The Morgan fingerprint density at radius 3 is 2.63 bits per heavy atom. The molecule has 3 aromatic heterocycles. The summed E-state index contributed by atoms with van der Waals surface area (Å²) in [5, 5.41) is 12.7. The van der Waals surface area contributed by atoms with Crippen LogP contribution in [0, 0.1) is 6.92 Å². The molecule has 2 aliphatic rings. The van der Waals surface area contributed by atoms with E-state index in [1.807, 2.05) is 6.07 Å². The highest BCUT2D eigenvalue weighted by Crippen LogP contribution is 2.37. The Morgan fingerprint density at radius 1 is 1.23 bits per heavy atom. The van der Waals surface area contributed by atoms with Gasteiger partial charge < -0.3 is 25.0 Å². The number of urea groups is 1. The Balaban J connectivity index is 0.000000917. The molecule has 0 aromatic carbocycles. The SMILES string of the molecule is Cc1cn2cc(NC(=O)N3CCc4c(N5CCNCC5)ccnc43)c(C(F)(F)F)cc2n1.O=CO. The Morgan fingerprint density at radius 2 is 1.94 bits per heavy atom. The summed E-state index contributed by atoms with van der Waals surface area (Å²) in [7, 11) is 0. The average molecular weight is 491 g/mol. The number of halogens is 3. The number of aryl methyl sites for hydroxylation is 1. The molecule has 0 bridgehead atoms. The molecular formula is C22H24F3N7O3. The molecule has 0 unspecified atom stereocenters. The standard InChI is InChI=1S/C21H22F3N7O.CH2O2/c1-13-11-30-12-16(15(21(22,23)24)10-18(30)27-13)28-20(32)31-7-3-14-17(2-4-26-19(14)31)29-8-5-25-6-9-29;2-1-3/h2,4,10-12,25H,3,5-9H2,1H3,(H,28,32);1H,(H,2,3). The summed E-state index contributed by atoms with van der Waals surface area (Å²) in [6.07, 6.45) is 0.459. The van der Waals surface area contributed by atoms with Crippen LogP contribution in [0.4, 0.5) is 35.2 Å². The van der Waals surface area contributed by atoms with E-state index in [0.717, 1.165) is 43.5 Å². The maximum atomic E-state index is 13.7. The maximum absolute atomic E-state index is 13.7. The predicted molar refractivity (Wildman–Crippen MR) is 123 cm³/mol. The fourth-order valence-corrected chi connectivity index (χ4v) is 4.35. The Kier molecular flexibility index (Phi) is 6.78. The highest BCUT2D eigenvalue weighted by Gasteiger charge is 2.36. The van der Waals surface area contributed by atoms with Crippen molar-refractivity contribution in [1.82, 2.24) is 19.7 Å². The van der Waals surface area contributed by atoms with Gasteiger partial charge in [-0.1, -0.05) is 0 Å². The molecule has 13 heteroatoms. The number of piperazine rings is 1. The van der Waals surface area contributed by atoms with E-state index in [1.54, 1.807) is 19.3 Å². The zero-order chi connectivity index (χ0) is 25.2. The fourth-order valence-electron chi connectivity index (χ4n) is 4.35. The third-order valence-electron chi connectivity index (χ3n) is 5.81. The first-order chi connectivity index (χ1) is 16.7. The smallest absolute Gasteiger partial charge is 0.418 e. The van der Waals surface area contributed by atoms with Crippen molar-refractivity contribution in [3.8, 4) is 0 Å². The maximum Gasteiger partial charge on any atom is 0.418 e. The number of hydrogen-bond donors (Lipinski definition) is 3. The summed E-state index contributed by atoms with van der Waals surface area (Å²) in [5.41, 5.74) is 1.46. The largest absolute Gasteiger partial charge is 0.483 e. The van der Waals surface area contributed by atoms with Crippen LogP contribution < -0.4 is 20.4 Å². The van der Waals surface area contributed by atoms with Crippen LogP contribution in [-0.2, 0) is 17.4 Å². The molecule has 2 aliphatic heterocycles. The van der Waals surface area contributed by atoms with E-state index >= 15 is 0 Å². The molecule has 2 amide bonds. The van der Waals surface area contributed by atoms with Crippen LogP contribution in [0.2, 0.25) is 0 Å². The first-order valence-electron chi connectivity index (χ1n) is 10.9. The number of nitrogens with one attached hydrogen (secondary N) is 2. The second-order valence-electron chi connectivity index (χ2n) is 8.05. The molecule has 5 rings (SSSR count). The topological polar surface area (TPSA) is 115 Å². The van der Waals surface area contributed by atoms with Crippen molar-refractivity contribution >= 4 is 35.3 Å². The number of rotatable bonds is 2. The lowest BCUT2D eigenvalue weighted by Crippen LogP contribution is -2.43. The van der Waals surface area contributed by atoms with E-state index in [4.69, 9.17) is 9.90 Å². The van der Waals surface area contributed by atoms with Crippen molar-refractivity contribution in [3.05, 3.63) is 47.5 Å². The molecule has 0 saturated carbocycles. The molecule has 3 aromatic rings. The van der Waals surface area contributed by atoms with Crippen LogP contribution >= 0.6 is 0 Å². The molecule has 0 radical (unpaired) electrons. The van der Waals surface area contributed by atoms with E-state index in [1.165, 1.54) is 15.5 Å². The van der Waals surface area contributed by atoms with Crippen molar-refractivity contribution < 1.29 is 27.9 Å². The first-order valence-corrected chi connectivity index (χ1v) is 10.9. The van der Waals surface area contributed by atoms with Crippen LogP contribution in [0.1, 0.15) is 16.8 Å². The second kappa shape index (κ2) is 9.78. The summed E-state index contributed by atoms with van der Waals surface area (Å²) >= 11 is 0. The number of hydrogen-bond acceptors (Lipinski definition) is 6. The van der Waals surface area contributed by atoms with Gasteiger partial charge in [-0.2, -0.15) is 13.2 Å². The summed E-state index contributed by atoms with van der Waals surface area (Å²) in [4.78, 5) is 33.5. The van der Waals surface area contributed by atoms with Crippen LogP contribution in [0.15, 0.2) is 30.7 Å². The molecule has 35 heavy (non-hydrogen) atoms. The number of carbonyl (C=O) groups excluding carboxylic acids is 1. The Bertz CT molecular complexity index is 1240. The molecule has 186 valence electrons. The van der Waals surface area contributed by atoms with Gasteiger partial charge in [0, 0.05) is 62.6 Å². The van der Waals surface area contributed by atoms with Crippen LogP contribution in [-0.4, -0.2) is 64.7 Å². The molecule has 1 fully saturated rings. The van der Waals surface area contributed by atoms with Crippen LogP contribution in [0.3, 0.4) is 0 Å². The lowest BCUT2D eigenvalue weighted by Gasteiger charge is -2.31. The molecule has 10 nitrogen and oxygen atoms in total. The summed E-state index contributed by atoms with van der Waals surface area (Å²) in [5.74, 6) is 0.492. The van der Waals surface area contributed by atoms with Gasteiger partial charge in [0.05, 0.1) is 16.9 Å². The van der Waals surface area contributed by atoms with Crippen molar-refractivity contribution in [2.75, 3.05) is 47.8 Å². The van der Waals surface area contributed by atoms with Crippen LogP contribution in [0.5, 0.6) is 0 Å². The molecule has 0 spiro atoms. The van der Waals surface area contributed by atoms with Gasteiger partial charge in [0.2, 0.25) is 0 Å². The van der Waals surface area contributed by atoms with Gasteiger partial charge >= 0.3 is 12.2 Å². The number of nitrogens with zero attached hydrogens (tertiary/aromatic N) is 5. The monoisotopic (exact) mass is 491 g/mol. The lowest BCUT2D eigenvalue weighted by atomic mass is 10.1. The summed E-state index contributed by atoms with van der Waals surface area (Å²) in [6, 6.07) is 2.24. The number of aromatic nitrogens is 3. The van der Waals surface area contributed by atoms with Crippen LogP contribution in [0.25, 0.3) is 5.65 Å². The Labute approximate surface area is 198 Å². The number of carbonyl (C=O) groups is 2. The van der Waals surface area contributed by atoms with Gasteiger partial charge in [-0.25, -0.2) is 14.8 Å². The molecule has 5 heterocycles. The van der Waals surface area contributed by atoms with E-state index in [9.17, 15) is 18.0 Å². The van der Waals surface area contributed by atoms with Gasteiger partial charge in [-0.15, -0.1) is 0 Å². The quantitative estimate of drug-likeness (QED) is 0.472. The third kappa shape index (κ3) is 4.99. The predicted octanol–water partition coefficient (Wildman–Crippen LogP) is 2.76. The van der Waals surface area contributed by atoms with E-state index in [0.29, 0.717) is 24.5 Å².